The monoisotopic (exact) mass is 913 g/mol. The van der Waals surface area contributed by atoms with Crippen molar-refractivity contribution in [1.29, 1.82) is 0 Å². The average Bonchev–Trinajstić information content (AvgIpc) is 3.57. The summed E-state index contributed by atoms with van der Waals surface area (Å²) in [6.07, 6.45) is -12.4. The Morgan fingerprint density at radius 2 is 1.38 bits per heavy atom. The topological polar surface area (TPSA) is 267 Å². The van der Waals surface area contributed by atoms with Gasteiger partial charge in [-0.25, -0.2) is 0 Å². The Balaban J connectivity index is 0.992. The zero-order chi connectivity index (χ0) is 46.3. The number of allylic oxidation sites excluding steroid dienone is 1. The van der Waals surface area contributed by atoms with E-state index in [-0.39, 0.29) is 46.0 Å². The Kier molecular flexibility index (Phi) is 12.5. The van der Waals surface area contributed by atoms with Gasteiger partial charge in [0.05, 0.1) is 50.3 Å². The number of hydrogen-bond donors (Lipinski definition) is 10. The van der Waals surface area contributed by atoms with E-state index in [0.717, 1.165) is 32.1 Å². The van der Waals surface area contributed by atoms with Crippen LogP contribution in [0, 0.1) is 56.7 Å². The summed E-state index contributed by atoms with van der Waals surface area (Å²) in [7, 11) is 0. The van der Waals surface area contributed by atoms with E-state index in [1.807, 2.05) is 6.92 Å². The fourth-order valence-electron chi connectivity index (χ4n) is 15.8. The number of ether oxygens (including phenoxy) is 7. The first-order chi connectivity index (χ1) is 30.1. The van der Waals surface area contributed by atoms with Crippen molar-refractivity contribution >= 4 is 0 Å². The standard InChI is InChI=1S/C47H76O17/c1-21-8-14-46-20-59-47(38(46)22(21)2)15-10-27-42(4)12-11-29(43(5,19-49)26(42)9-13-44(27,6)45(47,7)16-28(46)51)62-40-36(33(55)30(52)23(3)60-40)64-41-37(34(56)32(54)25(17-48)61-41)63-39-35(57)31(53)24(50)18-58-39/h10,15,21-41,48-57H,8-9,11-14,16-20H2,1-7H3/t21-,22+,23-,24-,25-,26-,27-,28-,29+,30+,31+,32-,33+,34+,35-,36-,37-,38-,39+,40+,41+,42+,43+,44-,45+,46+,47-/m1/s1. The lowest BCUT2D eigenvalue weighted by Crippen LogP contribution is -2.73. The maximum Gasteiger partial charge on any atom is 0.187 e. The molecule has 64 heavy (non-hydrogen) atoms. The maximum absolute atomic E-state index is 12.3. The number of hydrogen-bond acceptors (Lipinski definition) is 17. The van der Waals surface area contributed by atoms with Crippen molar-refractivity contribution in [2.45, 2.75) is 197 Å². The Hall–Kier alpha value is -0.940. The van der Waals surface area contributed by atoms with Crippen LogP contribution in [0.2, 0.25) is 0 Å². The molecule has 10 N–H and O–H groups in total. The molecule has 2 bridgehead atoms. The SMILES string of the molecule is C[C@H]1[C@H](C)CC[C@]23CO[C@]4(C=C[C@@H]5[C@@]6(C)CC[C@H](O[C@@H]7O[C@H](C)[C@H](O)[C@H](O)[C@H]7O[C@@H]7O[C@H](CO)[C@@H](O)[C@H](O)[C@H]7O[C@@H]7OC[C@@H](O)[C@H](O)[C@H]7O)[C@@](C)(CO)[C@@H]6CC[C@@]5(C)[C@]4(C)C[C@H]2O)[C@H]13. The highest BCUT2D eigenvalue weighted by Crippen LogP contribution is 2.79. The molecule has 0 aromatic rings. The van der Waals surface area contributed by atoms with Gasteiger partial charge in [0.2, 0.25) is 0 Å². The highest BCUT2D eigenvalue weighted by Gasteiger charge is 2.79. The molecule has 0 radical (unpaired) electrons. The number of fused-ring (bicyclic) bond motifs is 4. The van der Waals surface area contributed by atoms with Gasteiger partial charge >= 0.3 is 0 Å². The van der Waals surface area contributed by atoms with Gasteiger partial charge in [0.25, 0.3) is 0 Å². The van der Waals surface area contributed by atoms with E-state index in [1.165, 1.54) is 0 Å². The lowest BCUT2D eigenvalue weighted by Gasteiger charge is -2.73. The molecule has 9 rings (SSSR count). The first-order valence-electron chi connectivity index (χ1n) is 24.0. The third kappa shape index (κ3) is 6.57. The van der Waals surface area contributed by atoms with Gasteiger partial charge in [0, 0.05) is 22.2 Å². The fraction of sp³-hybridized carbons (Fsp3) is 0.957. The fourth-order valence-corrected chi connectivity index (χ4v) is 15.8. The lowest BCUT2D eigenvalue weighted by atomic mass is 9.31. The van der Waals surface area contributed by atoms with Gasteiger partial charge in [-0.3, -0.25) is 0 Å². The van der Waals surface area contributed by atoms with Crippen LogP contribution in [0.25, 0.3) is 0 Å². The van der Waals surface area contributed by atoms with Crippen LogP contribution in [0.3, 0.4) is 0 Å². The number of aliphatic hydroxyl groups excluding tert-OH is 10. The quantitative estimate of drug-likeness (QED) is 0.114. The third-order valence-electron chi connectivity index (χ3n) is 20.0. The maximum atomic E-state index is 12.3. The average molecular weight is 913 g/mol. The summed E-state index contributed by atoms with van der Waals surface area (Å²) in [5.41, 5.74) is -2.46. The molecule has 1 spiro atoms. The zero-order valence-electron chi connectivity index (χ0n) is 38.4. The normalized spacial score (nSPS) is 60.5. The summed E-state index contributed by atoms with van der Waals surface area (Å²) in [4.78, 5) is 0. The molecule has 17 heteroatoms. The van der Waals surface area contributed by atoms with Crippen LogP contribution in [0.15, 0.2) is 12.2 Å². The summed E-state index contributed by atoms with van der Waals surface area (Å²) in [5, 5.41) is 110. The van der Waals surface area contributed by atoms with E-state index in [9.17, 15) is 51.1 Å². The molecule has 17 nitrogen and oxygen atoms in total. The lowest BCUT2D eigenvalue weighted by molar-refractivity contribution is -0.394. The second-order valence-corrected chi connectivity index (χ2v) is 22.7. The third-order valence-corrected chi connectivity index (χ3v) is 20.0. The van der Waals surface area contributed by atoms with Gasteiger partial charge in [-0.15, -0.1) is 0 Å². The summed E-state index contributed by atoms with van der Waals surface area (Å²) in [5.74, 6) is 1.19. The summed E-state index contributed by atoms with van der Waals surface area (Å²) in [6, 6.07) is 0. The predicted octanol–water partition coefficient (Wildman–Crippen LogP) is 0.0961. The van der Waals surface area contributed by atoms with Crippen LogP contribution in [0.5, 0.6) is 0 Å². The number of aliphatic hydroxyl groups is 10. The molecule has 5 aliphatic carbocycles. The zero-order valence-corrected chi connectivity index (χ0v) is 38.4. The van der Waals surface area contributed by atoms with Crippen molar-refractivity contribution in [1.82, 2.24) is 0 Å². The Labute approximate surface area is 376 Å². The summed E-state index contributed by atoms with van der Waals surface area (Å²) in [6.45, 7) is 14.7. The van der Waals surface area contributed by atoms with Crippen molar-refractivity contribution in [3.05, 3.63) is 12.2 Å². The molecular formula is C47H76O17. The van der Waals surface area contributed by atoms with Crippen LogP contribution in [0.1, 0.15) is 93.4 Å². The molecule has 4 saturated heterocycles. The van der Waals surface area contributed by atoms with Crippen molar-refractivity contribution in [3.63, 3.8) is 0 Å². The Bertz CT molecular complexity index is 1740. The largest absolute Gasteiger partial charge is 0.396 e. The van der Waals surface area contributed by atoms with Gasteiger partial charge < -0.3 is 84.2 Å². The molecule has 0 aromatic carbocycles. The molecule has 8 fully saturated rings. The van der Waals surface area contributed by atoms with Crippen molar-refractivity contribution in [2.75, 3.05) is 26.4 Å². The van der Waals surface area contributed by atoms with Crippen molar-refractivity contribution < 1.29 is 84.2 Å². The molecule has 27 atom stereocenters. The molecule has 366 valence electrons. The molecule has 9 aliphatic rings. The molecule has 0 aromatic heterocycles. The Morgan fingerprint density at radius 1 is 0.703 bits per heavy atom. The van der Waals surface area contributed by atoms with Crippen LogP contribution < -0.4 is 0 Å². The van der Waals surface area contributed by atoms with Gasteiger partial charge in [-0.1, -0.05) is 53.7 Å². The smallest absolute Gasteiger partial charge is 0.187 e. The van der Waals surface area contributed by atoms with E-state index in [0.29, 0.717) is 31.3 Å². The molecular weight excluding hydrogens is 836 g/mol. The summed E-state index contributed by atoms with van der Waals surface area (Å²) >= 11 is 0. The van der Waals surface area contributed by atoms with E-state index >= 15 is 0 Å². The predicted molar refractivity (Wildman–Crippen MR) is 223 cm³/mol. The minimum Gasteiger partial charge on any atom is -0.396 e. The first kappa shape index (κ1) is 48.1. The molecule has 0 unspecified atom stereocenters. The molecule has 4 aliphatic heterocycles. The van der Waals surface area contributed by atoms with Crippen LogP contribution >= 0.6 is 0 Å². The molecule has 0 amide bonds. The number of rotatable bonds is 8. The second-order valence-electron chi connectivity index (χ2n) is 22.7. The van der Waals surface area contributed by atoms with Gasteiger partial charge in [0.1, 0.15) is 61.0 Å². The minimum atomic E-state index is -1.81. The van der Waals surface area contributed by atoms with Gasteiger partial charge in [-0.05, 0) is 86.4 Å². The van der Waals surface area contributed by atoms with E-state index in [4.69, 9.17) is 33.2 Å². The van der Waals surface area contributed by atoms with Gasteiger partial charge in [-0.2, -0.15) is 0 Å². The van der Waals surface area contributed by atoms with Gasteiger partial charge in [0.15, 0.2) is 18.9 Å². The first-order valence-corrected chi connectivity index (χ1v) is 24.0. The highest BCUT2D eigenvalue weighted by molar-refractivity contribution is 5.36. The molecule has 4 saturated carbocycles. The van der Waals surface area contributed by atoms with Crippen LogP contribution in [0.4, 0.5) is 0 Å². The van der Waals surface area contributed by atoms with Crippen LogP contribution in [-0.2, 0) is 33.2 Å². The van der Waals surface area contributed by atoms with Crippen molar-refractivity contribution in [2.24, 2.45) is 56.7 Å². The molecule has 4 heterocycles. The minimum absolute atomic E-state index is 0.0389. The van der Waals surface area contributed by atoms with E-state index < -0.39 is 122 Å². The highest BCUT2D eigenvalue weighted by atomic mass is 16.8. The second kappa shape index (κ2) is 16.6. The van der Waals surface area contributed by atoms with E-state index in [1.54, 1.807) is 6.92 Å². The van der Waals surface area contributed by atoms with Crippen molar-refractivity contribution in [3.8, 4) is 0 Å². The van der Waals surface area contributed by atoms with E-state index in [2.05, 4.69) is 46.8 Å². The Morgan fingerprint density at radius 3 is 2.06 bits per heavy atom. The van der Waals surface area contributed by atoms with Crippen LogP contribution in [-0.4, -0.2) is 181 Å². The summed E-state index contributed by atoms with van der Waals surface area (Å²) < 4.78 is 43.8.